The van der Waals surface area contributed by atoms with Crippen molar-refractivity contribution in [1.82, 2.24) is 5.32 Å². The second kappa shape index (κ2) is 8.05. The molecule has 0 aliphatic heterocycles. The summed E-state index contributed by atoms with van der Waals surface area (Å²) in [5.74, 6) is -1.69. The summed E-state index contributed by atoms with van der Waals surface area (Å²) in [4.78, 5) is 12.1. The first kappa shape index (κ1) is 19.3. The predicted molar refractivity (Wildman–Crippen MR) is 97.4 cm³/mol. The summed E-state index contributed by atoms with van der Waals surface area (Å²) >= 11 is 0. The molecule has 4 nitrogen and oxygen atoms in total. The lowest BCUT2D eigenvalue weighted by Gasteiger charge is -2.36. The number of rotatable bonds is 5. The summed E-state index contributed by atoms with van der Waals surface area (Å²) < 4.78 is 26.3. The van der Waals surface area contributed by atoms with E-state index in [-0.39, 0.29) is 17.9 Å². The lowest BCUT2D eigenvalue weighted by atomic mass is 9.76. The zero-order valence-electron chi connectivity index (χ0n) is 14.9. The van der Waals surface area contributed by atoms with E-state index < -0.39 is 23.1 Å². The monoisotopic (exact) mass is 375 g/mol. The van der Waals surface area contributed by atoms with Crippen molar-refractivity contribution in [3.05, 3.63) is 65.2 Å². The number of benzene rings is 2. The maximum atomic E-state index is 13.4. The molecular formula is C21H23F2NO3. The Labute approximate surface area is 156 Å². The molecule has 6 heteroatoms. The van der Waals surface area contributed by atoms with E-state index in [9.17, 15) is 23.8 Å². The maximum absolute atomic E-state index is 13.4. The summed E-state index contributed by atoms with van der Waals surface area (Å²) in [6, 6.07) is 9.90. The Morgan fingerprint density at radius 2 is 1.78 bits per heavy atom. The van der Waals surface area contributed by atoms with Gasteiger partial charge in [-0.2, -0.15) is 0 Å². The smallest absolute Gasteiger partial charge is 0.251 e. The van der Waals surface area contributed by atoms with Crippen molar-refractivity contribution in [3.8, 4) is 5.75 Å². The molecule has 0 heterocycles. The minimum atomic E-state index is -0.982. The number of nitrogens with one attached hydrogen (secondary N) is 1. The lowest BCUT2D eigenvalue weighted by Crippen LogP contribution is -2.45. The van der Waals surface area contributed by atoms with Crippen molar-refractivity contribution in [2.24, 2.45) is 5.92 Å². The number of hydrogen-bond donors (Lipinski definition) is 3. The fourth-order valence-electron chi connectivity index (χ4n) is 3.54. The Hall–Kier alpha value is -2.47. The standard InChI is InChI=1S/C21H23F2NO3/c22-17-4-1-14(2-5-17)11-15-7-9-21(27,10-8-15)13-24-20(26)16-3-6-19(25)18(23)12-16/h1-6,12,15,25,27H,7-11,13H2,(H,24,26). The SMILES string of the molecule is O=C(NCC1(O)CCC(Cc2ccc(F)cc2)CC1)c1ccc(O)c(F)c1. The van der Waals surface area contributed by atoms with Gasteiger partial charge in [0, 0.05) is 12.1 Å². The first-order valence-corrected chi connectivity index (χ1v) is 9.08. The molecule has 144 valence electrons. The van der Waals surface area contributed by atoms with Gasteiger partial charge in [-0.3, -0.25) is 4.79 Å². The largest absolute Gasteiger partial charge is 0.505 e. The molecule has 0 atom stereocenters. The summed E-state index contributed by atoms with van der Waals surface area (Å²) in [6.45, 7) is 0.0948. The molecule has 1 amide bonds. The molecular weight excluding hydrogens is 352 g/mol. The number of phenols is 1. The summed E-state index contributed by atoms with van der Waals surface area (Å²) in [5, 5.41) is 22.5. The highest BCUT2D eigenvalue weighted by Gasteiger charge is 2.33. The van der Waals surface area contributed by atoms with Crippen LogP contribution >= 0.6 is 0 Å². The van der Waals surface area contributed by atoms with E-state index in [0.717, 1.165) is 37.0 Å². The van der Waals surface area contributed by atoms with Gasteiger partial charge in [0.15, 0.2) is 11.6 Å². The van der Waals surface area contributed by atoms with E-state index in [4.69, 9.17) is 0 Å². The number of hydrogen-bond acceptors (Lipinski definition) is 3. The third kappa shape index (κ3) is 5.04. The van der Waals surface area contributed by atoms with Crippen LogP contribution in [0.4, 0.5) is 8.78 Å². The molecule has 0 aromatic heterocycles. The molecule has 1 aliphatic rings. The number of aliphatic hydroxyl groups is 1. The molecule has 0 unspecified atom stereocenters. The first-order valence-electron chi connectivity index (χ1n) is 9.08. The highest BCUT2D eigenvalue weighted by molar-refractivity contribution is 5.94. The van der Waals surface area contributed by atoms with E-state index in [1.807, 2.05) is 0 Å². The van der Waals surface area contributed by atoms with E-state index in [0.29, 0.717) is 18.8 Å². The number of phenolic OH excluding ortho intramolecular Hbond substituents is 1. The van der Waals surface area contributed by atoms with Crippen molar-refractivity contribution < 1.29 is 23.8 Å². The predicted octanol–water partition coefficient (Wildman–Crippen LogP) is 3.56. The molecule has 3 rings (SSSR count). The molecule has 1 saturated carbocycles. The summed E-state index contributed by atoms with van der Waals surface area (Å²) in [7, 11) is 0. The number of amides is 1. The Bertz CT molecular complexity index is 800. The molecule has 0 spiro atoms. The average molecular weight is 375 g/mol. The minimum absolute atomic E-state index is 0.0948. The number of halogens is 2. The van der Waals surface area contributed by atoms with Crippen LogP contribution in [0.2, 0.25) is 0 Å². The van der Waals surface area contributed by atoms with Crippen LogP contribution in [0.5, 0.6) is 5.75 Å². The van der Waals surface area contributed by atoms with Crippen LogP contribution in [0.3, 0.4) is 0 Å². The van der Waals surface area contributed by atoms with Crippen molar-refractivity contribution in [3.63, 3.8) is 0 Å². The Kier molecular flexibility index (Phi) is 5.75. The molecule has 0 saturated heterocycles. The van der Waals surface area contributed by atoms with Gasteiger partial charge < -0.3 is 15.5 Å². The molecule has 27 heavy (non-hydrogen) atoms. The van der Waals surface area contributed by atoms with Gasteiger partial charge in [-0.1, -0.05) is 12.1 Å². The fourth-order valence-corrected chi connectivity index (χ4v) is 3.54. The van der Waals surface area contributed by atoms with Crippen LogP contribution in [0.15, 0.2) is 42.5 Å². The first-order chi connectivity index (χ1) is 12.8. The molecule has 3 N–H and O–H groups in total. The van der Waals surface area contributed by atoms with Gasteiger partial charge in [-0.05, 0) is 73.9 Å². The van der Waals surface area contributed by atoms with Crippen LogP contribution in [-0.2, 0) is 6.42 Å². The van der Waals surface area contributed by atoms with E-state index >= 15 is 0 Å². The molecule has 0 bridgehead atoms. The van der Waals surface area contributed by atoms with E-state index in [1.165, 1.54) is 18.2 Å². The maximum Gasteiger partial charge on any atom is 0.251 e. The van der Waals surface area contributed by atoms with Gasteiger partial charge in [0.1, 0.15) is 5.82 Å². The highest BCUT2D eigenvalue weighted by Crippen LogP contribution is 2.33. The van der Waals surface area contributed by atoms with Crippen molar-refractivity contribution in [2.45, 2.75) is 37.7 Å². The van der Waals surface area contributed by atoms with Crippen LogP contribution in [0, 0.1) is 17.6 Å². The molecule has 0 radical (unpaired) electrons. The Morgan fingerprint density at radius 3 is 2.41 bits per heavy atom. The molecule has 1 fully saturated rings. The average Bonchev–Trinajstić information content (AvgIpc) is 2.66. The van der Waals surface area contributed by atoms with Gasteiger partial charge in [0.05, 0.1) is 5.60 Å². The van der Waals surface area contributed by atoms with Crippen LogP contribution in [0.1, 0.15) is 41.6 Å². The minimum Gasteiger partial charge on any atom is -0.505 e. The summed E-state index contributed by atoms with van der Waals surface area (Å²) in [5.41, 5.74) is 0.193. The van der Waals surface area contributed by atoms with Gasteiger partial charge in [-0.25, -0.2) is 8.78 Å². The van der Waals surface area contributed by atoms with Crippen molar-refractivity contribution in [1.29, 1.82) is 0 Å². The van der Waals surface area contributed by atoms with Crippen LogP contribution in [0.25, 0.3) is 0 Å². The number of carbonyl (C=O) groups is 1. The van der Waals surface area contributed by atoms with Gasteiger partial charge >= 0.3 is 0 Å². The van der Waals surface area contributed by atoms with Gasteiger partial charge in [-0.15, -0.1) is 0 Å². The van der Waals surface area contributed by atoms with E-state index in [1.54, 1.807) is 12.1 Å². The van der Waals surface area contributed by atoms with Crippen molar-refractivity contribution >= 4 is 5.91 Å². The van der Waals surface area contributed by atoms with Crippen LogP contribution in [-0.4, -0.2) is 28.3 Å². The van der Waals surface area contributed by atoms with Crippen molar-refractivity contribution in [2.75, 3.05) is 6.54 Å². The number of aromatic hydroxyl groups is 1. The van der Waals surface area contributed by atoms with Gasteiger partial charge in [0.25, 0.3) is 5.91 Å². The number of carbonyl (C=O) groups excluding carboxylic acids is 1. The second-order valence-corrected chi connectivity index (χ2v) is 7.35. The topological polar surface area (TPSA) is 69.6 Å². The molecule has 2 aromatic rings. The molecule has 2 aromatic carbocycles. The van der Waals surface area contributed by atoms with Gasteiger partial charge in [0.2, 0.25) is 0 Å². The zero-order valence-corrected chi connectivity index (χ0v) is 14.9. The fraction of sp³-hybridized carbons (Fsp3) is 0.381. The van der Waals surface area contributed by atoms with E-state index in [2.05, 4.69) is 5.32 Å². The Balaban J connectivity index is 1.49. The zero-order chi connectivity index (χ0) is 19.4. The quantitative estimate of drug-likeness (QED) is 0.748. The third-order valence-electron chi connectivity index (χ3n) is 5.26. The summed E-state index contributed by atoms with van der Waals surface area (Å²) in [6.07, 6.45) is 3.59. The lowest BCUT2D eigenvalue weighted by molar-refractivity contribution is -0.00743. The van der Waals surface area contributed by atoms with Crippen LogP contribution < -0.4 is 5.32 Å². The third-order valence-corrected chi connectivity index (χ3v) is 5.26. The second-order valence-electron chi connectivity index (χ2n) is 7.35. The normalized spacial score (nSPS) is 22.4. The molecule has 1 aliphatic carbocycles. The highest BCUT2D eigenvalue weighted by atomic mass is 19.1. The Morgan fingerprint density at radius 1 is 1.11 bits per heavy atom.